The number of ether oxygens (including phenoxy) is 2. The van der Waals surface area contributed by atoms with Gasteiger partial charge in [-0.3, -0.25) is 29.3 Å². The number of phenolic OH excluding ortho intramolecular Hbond substituents is 1. The van der Waals surface area contributed by atoms with Gasteiger partial charge >= 0.3 is 11.9 Å². The van der Waals surface area contributed by atoms with E-state index >= 15 is 0 Å². The zero-order chi connectivity index (χ0) is 41.4. The highest BCUT2D eigenvalue weighted by Gasteiger charge is 2.09. The second-order valence-electron chi connectivity index (χ2n) is 12.1. The molecule has 0 aromatic heterocycles. The van der Waals surface area contributed by atoms with E-state index in [0.717, 1.165) is 70.6 Å². The van der Waals surface area contributed by atoms with Crippen LogP contribution in [0.15, 0.2) is 72.8 Å². The van der Waals surface area contributed by atoms with Crippen molar-refractivity contribution in [3.63, 3.8) is 0 Å². The van der Waals surface area contributed by atoms with Crippen LogP contribution in [0.25, 0.3) is 0 Å². The number of benzene rings is 3. The van der Waals surface area contributed by atoms with Crippen LogP contribution in [0.5, 0.6) is 17.2 Å². The van der Waals surface area contributed by atoms with Crippen LogP contribution in [0.2, 0.25) is 0 Å². The third kappa shape index (κ3) is 26.9. The fourth-order valence-corrected chi connectivity index (χ4v) is 4.97. The first-order chi connectivity index (χ1) is 26.9. The maximum atomic E-state index is 11.8. The van der Waals surface area contributed by atoms with Crippen molar-refractivity contribution >= 4 is 62.7 Å². The lowest BCUT2D eigenvalue weighted by molar-refractivity contribution is -0.384. The van der Waals surface area contributed by atoms with E-state index in [-0.39, 0.29) is 40.3 Å². The molecule has 0 aliphatic heterocycles. The average Bonchev–Trinajstić information content (AvgIpc) is 3.16. The Kier molecular flexibility index (Phi) is 27.6. The van der Waals surface area contributed by atoms with E-state index in [2.05, 4.69) is 20.9 Å². The molecule has 0 bridgehead atoms. The molecule has 16 nitrogen and oxygen atoms in total. The van der Waals surface area contributed by atoms with E-state index in [1.54, 1.807) is 36.4 Å². The van der Waals surface area contributed by atoms with Crippen LogP contribution in [0.4, 0.5) is 17.1 Å². The third-order valence-corrected chi connectivity index (χ3v) is 7.95. The number of aromatic hydroxyl groups is 1. The highest BCUT2D eigenvalue weighted by atomic mass is 35.5. The van der Waals surface area contributed by atoms with Gasteiger partial charge in [0.25, 0.3) is 5.69 Å². The fraction of sp³-hybridized carbons (Fsp3) is 0.421. The van der Waals surface area contributed by atoms with Crippen LogP contribution in [0.3, 0.4) is 0 Å². The second-order valence-corrected chi connectivity index (χ2v) is 13.0. The molecule has 0 heterocycles. The summed E-state index contributed by atoms with van der Waals surface area (Å²) >= 11 is 10.4. The molecule has 0 aliphatic rings. The van der Waals surface area contributed by atoms with Crippen LogP contribution < -0.4 is 20.4 Å². The minimum atomic E-state index is -0.512. The Hall–Kier alpha value is -4.84. The maximum Gasteiger partial charge on any atom is 0.311 e. The number of non-ortho nitro benzene ring substituents is 1. The van der Waals surface area contributed by atoms with Crippen molar-refractivity contribution in [3.05, 3.63) is 82.9 Å². The minimum absolute atomic E-state index is 0.0564. The first-order valence-electron chi connectivity index (χ1n) is 18.0. The smallest absolute Gasteiger partial charge is 0.311 e. The van der Waals surface area contributed by atoms with Crippen molar-refractivity contribution in [2.24, 2.45) is 0 Å². The number of nitrogens with zero attached hydrogens (tertiary/aromatic N) is 1. The van der Waals surface area contributed by atoms with Gasteiger partial charge in [-0.05, 0) is 110 Å². The molecule has 0 saturated carbocycles. The summed E-state index contributed by atoms with van der Waals surface area (Å²) in [6, 6.07) is 17.8. The zero-order valence-corrected chi connectivity index (χ0v) is 32.4. The molecule has 56 heavy (non-hydrogen) atoms. The molecule has 0 unspecified atom stereocenters. The van der Waals surface area contributed by atoms with Crippen LogP contribution >= 0.6 is 23.2 Å². The van der Waals surface area contributed by atoms with Gasteiger partial charge in [0.15, 0.2) is 0 Å². The van der Waals surface area contributed by atoms with E-state index in [9.17, 15) is 29.3 Å². The van der Waals surface area contributed by atoms with E-state index in [0.29, 0.717) is 48.6 Å². The van der Waals surface area contributed by atoms with E-state index < -0.39 is 4.92 Å². The summed E-state index contributed by atoms with van der Waals surface area (Å²) in [6.07, 6.45) is 12.6. The van der Waals surface area contributed by atoms with Crippen molar-refractivity contribution < 1.29 is 59.2 Å². The molecule has 0 radical (unpaired) electrons. The number of phenols is 1. The zero-order valence-electron chi connectivity index (χ0n) is 30.9. The van der Waals surface area contributed by atoms with Crippen molar-refractivity contribution in [2.45, 2.75) is 103 Å². The second kappa shape index (κ2) is 31.4. The van der Waals surface area contributed by atoms with Crippen LogP contribution in [-0.2, 0) is 29.2 Å². The predicted molar refractivity (Wildman–Crippen MR) is 209 cm³/mol. The van der Waals surface area contributed by atoms with Gasteiger partial charge in [0.1, 0.15) is 17.2 Å². The van der Waals surface area contributed by atoms with Gasteiger partial charge in [-0.15, -0.1) is 9.98 Å². The number of hydrogen-bond donors (Lipinski definition) is 5. The number of unbranched alkanes of at least 4 members (excludes halogenated alkanes) is 10. The number of halogens is 2. The number of anilines is 2. The monoisotopic (exact) mass is 825 g/mol. The lowest BCUT2D eigenvalue weighted by atomic mass is 10.1. The van der Waals surface area contributed by atoms with Crippen LogP contribution in [-0.4, -0.2) is 43.0 Å². The van der Waals surface area contributed by atoms with Gasteiger partial charge in [-0.2, -0.15) is 0 Å². The van der Waals surface area contributed by atoms with Crippen LogP contribution in [0.1, 0.15) is 103 Å². The lowest BCUT2D eigenvalue weighted by Gasteiger charge is -2.06. The van der Waals surface area contributed by atoms with E-state index in [1.807, 2.05) is 0 Å². The Labute approximate surface area is 334 Å². The van der Waals surface area contributed by atoms with Crippen molar-refractivity contribution in [1.29, 1.82) is 0 Å². The molecule has 0 aliphatic carbocycles. The molecule has 18 heteroatoms. The van der Waals surface area contributed by atoms with Gasteiger partial charge < -0.3 is 14.6 Å². The fourth-order valence-electron chi connectivity index (χ4n) is 4.71. The normalized spacial score (nSPS) is 10.1. The SMILES string of the molecule is O=C(CCCCCCCCC(=O)Oc1ccc([N+](=O)[O-])cc1)Oc1ccc(NOO)cc1.O=C(Cl)CCCCCCCCC(=O)Cl.OONc1ccc(O)cc1. The maximum absolute atomic E-state index is 11.8. The summed E-state index contributed by atoms with van der Waals surface area (Å²) in [5, 5.41) is 35.1. The Morgan fingerprint density at radius 1 is 0.536 bits per heavy atom. The topological polar surface area (TPSA) is 233 Å². The molecule has 308 valence electrons. The molecule has 5 N–H and O–H groups in total. The Bertz CT molecular complexity index is 1540. The number of nitro benzene ring substituents is 1. The van der Waals surface area contributed by atoms with Crippen LogP contribution in [0, 0.1) is 10.1 Å². The van der Waals surface area contributed by atoms with Gasteiger partial charge in [0.05, 0.1) is 16.3 Å². The summed E-state index contributed by atoms with van der Waals surface area (Å²) in [6.45, 7) is 0. The quantitative estimate of drug-likeness (QED) is 0.00781. The van der Waals surface area contributed by atoms with E-state index in [1.165, 1.54) is 36.4 Å². The number of esters is 2. The van der Waals surface area contributed by atoms with Gasteiger partial charge in [-0.1, -0.05) is 51.4 Å². The number of nitrogens with one attached hydrogen (secondary N) is 2. The average molecular weight is 827 g/mol. The van der Waals surface area contributed by atoms with Crippen molar-refractivity contribution in [3.8, 4) is 17.2 Å². The van der Waals surface area contributed by atoms with Crippen molar-refractivity contribution in [1.82, 2.24) is 0 Å². The highest BCUT2D eigenvalue weighted by molar-refractivity contribution is 6.63. The van der Waals surface area contributed by atoms with Gasteiger partial charge in [0.2, 0.25) is 10.5 Å². The Morgan fingerprint density at radius 2 is 0.857 bits per heavy atom. The van der Waals surface area contributed by atoms with Crippen molar-refractivity contribution in [2.75, 3.05) is 11.0 Å². The predicted octanol–water partition coefficient (Wildman–Crippen LogP) is 9.89. The molecule has 0 atom stereocenters. The molecule has 0 amide bonds. The largest absolute Gasteiger partial charge is 0.508 e. The third-order valence-electron chi connectivity index (χ3n) is 7.57. The lowest BCUT2D eigenvalue weighted by Crippen LogP contribution is -2.08. The van der Waals surface area contributed by atoms with Gasteiger partial charge in [0, 0.05) is 37.8 Å². The van der Waals surface area contributed by atoms with E-state index in [4.69, 9.17) is 48.3 Å². The summed E-state index contributed by atoms with van der Waals surface area (Å²) in [7, 11) is 0. The minimum Gasteiger partial charge on any atom is -0.508 e. The molecular formula is C38H49Cl2N3O13. The molecule has 3 aromatic rings. The summed E-state index contributed by atoms with van der Waals surface area (Å²) < 4.78 is 10.4. The molecule has 0 saturated heterocycles. The summed E-state index contributed by atoms with van der Waals surface area (Å²) in [5.41, 5.74) is 5.45. The molecule has 3 aromatic carbocycles. The molecular weight excluding hydrogens is 777 g/mol. The number of carbonyl (C=O) groups is 4. The molecule has 3 rings (SSSR count). The Morgan fingerprint density at radius 3 is 1.20 bits per heavy atom. The summed E-state index contributed by atoms with van der Waals surface area (Å²) in [4.78, 5) is 61.9. The summed E-state index contributed by atoms with van der Waals surface area (Å²) in [5.74, 6) is 0.203. The number of hydrogen-bond acceptors (Lipinski definition) is 15. The molecule has 0 fully saturated rings. The standard InChI is InChI=1S/C22H26N2O8.C10H16Cl2O2.C6H7NO3/c25-21(30-19-13-9-17(10-14-19)23-32-29)7-5-3-1-2-4-6-8-22(26)31-20-15-11-18(12-16-20)24(27)28;11-9(13)7-5-3-1-2-4-6-8-10(12)14;8-6-3-1-5(2-4-6)7-10-9/h9-16,23,29H,1-8H2;1-8H2;1-4,7-9H. The highest BCUT2D eigenvalue weighted by Crippen LogP contribution is 2.19. The number of rotatable bonds is 25. The van der Waals surface area contributed by atoms with Gasteiger partial charge in [-0.25, -0.2) is 21.5 Å². The number of nitro groups is 1. The first-order valence-corrected chi connectivity index (χ1v) is 18.7. The number of carbonyl (C=O) groups excluding carboxylic acids is 4. The Balaban J connectivity index is 0.000000533. The first kappa shape index (κ1) is 49.2. The molecule has 0 spiro atoms.